The van der Waals surface area contributed by atoms with Gasteiger partial charge < -0.3 is 64.0 Å². The summed E-state index contributed by atoms with van der Waals surface area (Å²) in [6.45, 7) is 1.22. The number of nitrogens with two attached hydrogens (primary N) is 1. The minimum Gasteiger partial charge on any atom is -0.481 e. The number of thioether (sulfide) groups is 1. The topological polar surface area (TPSA) is 361 Å². The van der Waals surface area contributed by atoms with E-state index in [2.05, 4.69) is 53.2 Å². The highest BCUT2D eigenvalue weighted by atomic mass is 33.1. The molecule has 1 aromatic carbocycles. The summed E-state index contributed by atoms with van der Waals surface area (Å²) < 4.78 is 0. The third-order valence-corrected chi connectivity index (χ3v) is 13.4. The van der Waals surface area contributed by atoms with Gasteiger partial charge in [-0.1, -0.05) is 51.9 Å². The van der Waals surface area contributed by atoms with E-state index in [0.717, 1.165) is 33.3 Å². The molecule has 2 fully saturated rings. The molecule has 0 aromatic heterocycles. The summed E-state index contributed by atoms with van der Waals surface area (Å²) in [5, 5.41) is 43.2. The Bertz CT molecular complexity index is 1900. The van der Waals surface area contributed by atoms with Gasteiger partial charge in [0.05, 0.1) is 24.8 Å². The first kappa shape index (κ1) is 54.7. The number of carbonyl (C=O) groups is 10. The Hall–Kier alpha value is -5.60. The average molecular weight is 981 g/mol. The van der Waals surface area contributed by atoms with Crippen LogP contribution in [0.4, 0.5) is 0 Å². The van der Waals surface area contributed by atoms with Crippen molar-refractivity contribution in [2.24, 2.45) is 5.73 Å². The van der Waals surface area contributed by atoms with E-state index in [4.69, 9.17) is 11.1 Å². The van der Waals surface area contributed by atoms with Crippen molar-refractivity contribution in [2.75, 3.05) is 49.7 Å². The molecule has 0 unspecified atom stereocenters. The molecule has 66 heavy (non-hydrogen) atoms. The van der Waals surface area contributed by atoms with Gasteiger partial charge in [-0.05, 0) is 58.2 Å². The third kappa shape index (κ3) is 20.3. The molecule has 14 N–H and O–H groups in total. The normalized spacial score (nSPS) is 24.8. The van der Waals surface area contributed by atoms with E-state index < -0.39 is 114 Å². The van der Waals surface area contributed by atoms with Gasteiger partial charge >= 0.3 is 5.97 Å². The third-order valence-electron chi connectivity index (χ3n) is 9.95. The lowest BCUT2D eigenvalue weighted by atomic mass is 10.0. The Kier molecular flexibility index (Phi) is 24.2. The molecule has 8 amide bonds. The fourth-order valence-corrected chi connectivity index (χ4v) is 9.69. The molecule has 23 nitrogen and oxygen atoms in total. The van der Waals surface area contributed by atoms with Crippen LogP contribution in [0.25, 0.3) is 0 Å². The number of aliphatic carboxylic acids is 1. The minimum absolute atomic E-state index is 0.0432. The van der Waals surface area contributed by atoms with Crippen LogP contribution in [0.3, 0.4) is 0 Å². The Morgan fingerprint density at radius 1 is 0.697 bits per heavy atom. The first-order valence-corrected chi connectivity index (χ1v) is 24.8. The first-order valence-electron chi connectivity index (χ1n) is 21.2. The van der Waals surface area contributed by atoms with E-state index >= 15 is 0 Å². The van der Waals surface area contributed by atoms with Crippen molar-refractivity contribution in [1.82, 2.24) is 53.2 Å². The SMILES string of the molecule is CNCCCC[C@@H]1NC(=O)CSC[C@@H](C(C)=O)NC(=O)[C@H](Cc2ccccc2)NC(=O)[C@@H]2CSSC[C@H](NC1=O)C(=O)N[C@@H](CCCNC(=N)N)C(=O)NCC(=O)N[C@@H](CC(=O)O)C(=O)N2. The molecule has 2 heterocycles. The number of nitrogens with one attached hydrogen (secondary N) is 11. The minimum atomic E-state index is -1.74. The highest BCUT2D eigenvalue weighted by Crippen LogP contribution is 2.24. The monoisotopic (exact) mass is 980 g/mol. The second-order valence-electron chi connectivity index (χ2n) is 15.3. The van der Waals surface area contributed by atoms with E-state index in [9.17, 15) is 53.1 Å². The van der Waals surface area contributed by atoms with Crippen LogP contribution in [0.15, 0.2) is 30.3 Å². The standard InChI is InChI=1S/C40H60N12O11S3/c1-22(53)28-18-64-21-32(55)46-25(11-6-7-13-43-2)35(59)51-29-19-65-66-20-30(39(63)49-26(36(60)50-28)15-23-9-4-3-5-10-23)52-37(61)27(16-33(56)57)47-31(54)17-45-34(58)24(48-38(29)62)12-8-14-44-40(41)42/h3-5,9-10,24-30,43H,6-8,11-21H2,1-2H3,(H,45,58)(H,46,55)(H,47,54)(H,48,62)(H,49,63)(H,50,60)(H,51,59)(H,52,61)(H,56,57)(H4,41,42,44)/t24-,25-,26-,27-,28-,29-,30-/m0/s1. The maximum atomic E-state index is 14.2. The number of Topliss-reactive ketones (excluding diaryl/α,β-unsaturated/α-hetero) is 1. The van der Waals surface area contributed by atoms with Gasteiger partial charge in [0.25, 0.3) is 0 Å². The number of benzene rings is 1. The summed E-state index contributed by atoms with van der Waals surface area (Å²) in [6.07, 6.45) is 0.459. The summed E-state index contributed by atoms with van der Waals surface area (Å²) in [6, 6.07) is -0.873. The van der Waals surface area contributed by atoms with Gasteiger partial charge in [-0.3, -0.25) is 53.4 Å². The fraction of sp³-hybridized carbons (Fsp3) is 0.575. The van der Waals surface area contributed by atoms with Crippen LogP contribution in [0, 0.1) is 5.41 Å². The summed E-state index contributed by atoms with van der Waals surface area (Å²) >= 11 is 1.01. The van der Waals surface area contributed by atoms with E-state index in [1.807, 2.05) is 0 Å². The van der Waals surface area contributed by atoms with Gasteiger partial charge in [0.15, 0.2) is 11.7 Å². The number of guanidine groups is 1. The molecule has 2 aliphatic heterocycles. The number of hydrogen-bond acceptors (Lipinski definition) is 15. The van der Waals surface area contributed by atoms with E-state index in [1.54, 1.807) is 37.4 Å². The van der Waals surface area contributed by atoms with Crippen LogP contribution < -0.4 is 58.9 Å². The Morgan fingerprint density at radius 3 is 1.88 bits per heavy atom. The number of hydrogen-bond donors (Lipinski definition) is 13. The van der Waals surface area contributed by atoms with Gasteiger partial charge in [-0.2, -0.15) is 0 Å². The predicted molar refractivity (Wildman–Crippen MR) is 249 cm³/mol. The zero-order chi connectivity index (χ0) is 48.6. The van der Waals surface area contributed by atoms with E-state index in [-0.39, 0.29) is 61.2 Å². The Balaban J connectivity index is 2.13. The highest BCUT2D eigenvalue weighted by Gasteiger charge is 2.34. The maximum Gasteiger partial charge on any atom is 0.305 e. The van der Waals surface area contributed by atoms with Crippen LogP contribution in [0.5, 0.6) is 0 Å². The molecule has 364 valence electrons. The molecule has 0 radical (unpaired) electrons. The number of rotatable bonds is 14. The summed E-state index contributed by atoms with van der Waals surface area (Å²) in [7, 11) is 3.72. The molecule has 7 atom stereocenters. The van der Waals surface area contributed by atoms with Crippen LogP contribution in [-0.4, -0.2) is 162 Å². The molecular formula is C40H60N12O11S3. The Morgan fingerprint density at radius 2 is 1.27 bits per heavy atom. The van der Waals surface area contributed by atoms with Crippen molar-refractivity contribution in [3.63, 3.8) is 0 Å². The van der Waals surface area contributed by atoms with Crippen molar-refractivity contribution in [3.8, 4) is 0 Å². The molecule has 1 aromatic rings. The molecule has 2 aliphatic rings. The maximum absolute atomic E-state index is 14.2. The van der Waals surface area contributed by atoms with Crippen LogP contribution in [0.2, 0.25) is 0 Å². The smallest absolute Gasteiger partial charge is 0.305 e. The van der Waals surface area contributed by atoms with E-state index in [1.165, 1.54) is 6.92 Å². The molecule has 0 saturated carbocycles. The van der Waals surface area contributed by atoms with Gasteiger partial charge in [0.2, 0.25) is 47.3 Å². The average Bonchev–Trinajstić information content (AvgIpc) is 3.26. The second kappa shape index (κ2) is 29.1. The molecule has 2 saturated heterocycles. The van der Waals surface area contributed by atoms with Crippen molar-refractivity contribution in [2.45, 2.75) is 94.2 Å². The van der Waals surface area contributed by atoms with Crippen molar-refractivity contribution >= 4 is 98.3 Å². The van der Waals surface area contributed by atoms with Crippen molar-refractivity contribution < 1.29 is 53.1 Å². The largest absolute Gasteiger partial charge is 0.481 e. The van der Waals surface area contributed by atoms with Crippen LogP contribution in [0.1, 0.15) is 51.0 Å². The second-order valence-corrected chi connectivity index (χ2v) is 18.9. The quantitative estimate of drug-likeness (QED) is 0.0374. The van der Waals surface area contributed by atoms with Gasteiger partial charge in [-0.25, -0.2) is 0 Å². The number of carboxylic acid groups (broad SMARTS) is 1. The number of unbranched alkanes of at least 4 members (excludes halogenated alkanes) is 1. The van der Waals surface area contributed by atoms with Crippen LogP contribution >= 0.6 is 33.3 Å². The fourth-order valence-electron chi connectivity index (χ4n) is 6.42. The number of carboxylic acids is 1. The van der Waals surface area contributed by atoms with E-state index in [0.29, 0.717) is 24.9 Å². The molecule has 2 bridgehead atoms. The number of fused-ring (bicyclic) bond motifs is 5. The number of carbonyl (C=O) groups excluding carboxylic acids is 9. The van der Waals surface area contributed by atoms with Gasteiger partial charge in [-0.15, -0.1) is 11.8 Å². The van der Waals surface area contributed by atoms with Crippen molar-refractivity contribution in [1.29, 1.82) is 5.41 Å². The van der Waals surface area contributed by atoms with Crippen LogP contribution in [-0.2, 0) is 54.4 Å². The highest BCUT2D eigenvalue weighted by molar-refractivity contribution is 8.76. The number of ketones is 1. The Labute approximate surface area is 394 Å². The number of amides is 8. The zero-order valence-electron chi connectivity index (χ0n) is 36.7. The molecule has 0 spiro atoms. The summed E-state index contributed by atoms with van der Waals surface area (Å²) in [4.78, 5) is 135. The molecular weight excluding hydrogens is 921 g/mol. The van der Waals surface area contributed by atoms with Crippen molar-refractivity contribution in [3.05, 3.63) is 35.9 Å². The molecule has 26 heteroatoms. The predicted octanol–water partition coefficient (Wildman–Crippen LogP) is -3.40. The van der Waals surface area contributed by atoms with Gasteiger partial charge in [0, 0.05) is 30.2 Å². The first-order chi connectivity index (χ1) is 31.5. The summed E-state index contributed by atoms with van der Waals surface area (Å²) in [5.74, 6) is -9.70. The van der Waals surface area contributed by atoms with Gasteiger partial charge in [0.1, 0.15) is 36.3 Å². The lowest BCUT2D eigenvalue weighted by Gasteiger charge is -2.27. The zero-order valence-corrected chi connectivity index (χ0v) is 39.1. The molecule has 0 aliphatic carbocycles. The lowest BCUT2D eigenvalue weighted by Crippen LogP contribution is -2.59. The molecule has 3 rings (SSSR count). The summed E-state index contributed by atoms with van der Waals surface area (Å²) in [5.41, 5.74) is 6.01. The lowest BCUT2D eigenvalue weighted by molar-refractivity contribution is -0.141.